The van der Waals surface area contributed by atoms with Gasteiger partial charge in [0.25, 0.3) is 0 Å². The summed E-state index contributed by atoms with van der Waals surface area (Å²) in [6.07, 6.45) is 6.91. The van der Waals surface area contributed by atoms with Crippen molar-refractivity contribution in [2.75, 3.05) is 0 Å². The molecule has 2 aromatic rings. The van der Waals surface area contributed by atoms with E-state index in [0.717, 1.165) is 0 Å². The largest absolute Gasteiger partial charge is 0.0616 e. The van der Waals surface area contributed by atoms with E-state index in [-0.39, 0.29) is 0 Å². The van der Waals surface area contributed by atoms with Crippen LogP contribution < -0.4 is 0 Å². The summed E-state index contributed by atoms with van der Waals surface area (Å²) in [6.45, 7) is 2.44. The van der Waals surface area contributed by atoms with Crippen LogP contribution in [0.5, 0.6) is 0 Å². The van der Waals surface area contributed by atoms with Crippen molar-refractivity contribution < 1.29 is 0 Å². The molecule has 0 aliphatic heterocycles. The fourth-order valence-corrected chi connectivity index (χ4v) is 3.19. The van der Waals surface area contributed by atoms with Crippen molar-refractivity contribution >= 4 is 10.8 Å². The van der Waals surface area contributed by atoms with Crippen LogP contribution in [-0.2, 0) is 5.41 Å². The van der Waals surface area contributed by atoms with Crippen molar-refractivity contribution in [2.45, 2.75) is 44.4 Å². The van der Waals surface area contributed by atoms with E-state index in [1.165, 1.54) is 48.4 Å². The van der Waals surface area contributed by atoms with E-state index >= 15 is 0 Å². The second-order valence-electron chi connectivity index (χ2n) is 5.68. The molecule has 17 heavy (non-hydrogen) atoms. The van der Waals surface area contributed by atoms with Crippen LogP contribution in [0.1, 0.15) is 44.6 Å². The van der Waals surface area contributed by atoms with Gasteiger partial charge in [-0.3, -0.25) is 0 Å². The zero-order valence-electron chi connectivity index (χ0n) is 10.6. The number of hydrogen-bond donors (Lipinski definition) is 0. The van der Waals surface area contributed by atoms with Crippen LogP contribution in [0.25, 0.3) is 10.8 Å². The van der Waals surface area contributed by atoms with Crippen LogP contribution >= 0.6 is 0 Å². The lowest BCUT2D eigenvalue weighted by molar-refractivity contribution is 0.320. The number of rotatable bonds is 1. The summed E-state index contributed by atoms with van der Waals surface area (Å²) in [6, 6.07) is 15.7. The first-order valence-electron chi connectivity index (χ1n) is 6.77. The van der Waals surface area contributed by atoms with Gasteiger partial charge in [-0.15, -0.1) is 0 Å². The molecule has 0 heterocycles. The Hall–Kier alpha value is -1.30. The highest BCUT2D eigenvalue weighted by Gasteiger charge is 2.28. The molecule has 0 radical (unpaired) electrons. The van der Waals surface area contributed by atoms with Crippen molar-refractivity contribution in [3.05, 3.63) is 48.0 Å². The van der Waals surface area contributed by atoms with Gasteiger partial charge in [-0.05, 0) is 34.6 Å². The van der Waals surface area contributed by atoms with Crippen molar-refractivity contribution in [1.82, 2.24) is 0 Å². The van der Waals surface area contributed by atoms with Gasteiger partial charge < -0.3 is 0 Å². The molecule has 0 nitrogen and oxygen atoms in total. The molecule has 1 aliphatic rings. The van der Waals surface area contributed by atoms with Gasteiger partial charge in [0.1, 0.15) is 0 Å². The topological polar surface area (TPSA) is 0 Å². The van der Waals surface area contributed by atoms with Gasteiger partial charge in [0.15, 0.2) is 0 Å². The molecule has 0 aromatic heterocycles. The van der Waals surface area contributed by atoms with Crippen molar-refractivity contribution in [3.8, 4) is 0 Å². The summed E-state index contributed by atoms with van der Waals surface area (Å²) >= 11 is 0. The van der Waals surface area contributed by atoms with Crippen LogP contribution in [0, 0.1) is 0 Å². The molecule has 0 unspecified atom stereocenters. The Balaban J connectivity index is 2.05. The summed E-state index contributed by atoms with van der Waals surface area (Å²) in [7, 11) is 0. The maximum absolute atomic E-state index is 2.44. The summed E-state index contributed by atoms with van der Waals surface area (Å²) in [4.78, 5) is 0. The van der Waals surface area contributed by atoms with E-state index in [9.17, 15) is 0 Å². The third-order valence-corrected chi connectivity index (χ3v) is 4.40. The maximum Gasteiger partial charge on any atom is -0.00750 e. The molecule has 1 saturated carbocycles. The molecule has 88 valence electrons. The average Bonchev–Trinajstić information content (AvgIpc) is 2.39. The molecule has 0 bridgehead atoms. The molecular formula is C17H20. The average molecular weight is 224 g/mol. The molecule has 0 saturated heterocycles. The van der Waals surface area contributed by atoms with Crippen LogP contribution in [0.4, 0.5) is 0 Å². The van der Waals surface area contributed by atoms with Crippen LogP contribution in [-0.4, -0.2) is 0 Å². The molecule has 1 fully saturated rings. The number of hydrogen-bond acceptors (Lipinski definition) is 0. The Morgan fingerprint density at radius 1 is 0.824 bits per heavy atom. The predicted molar refractivity (Wildman–Crippen MR) is 74.4 cm³/mol. The van der Waals surface area contributed by atoms with Gasteiger partial charge in [0.05, 0.1) is 0 Å². The van der Waals surface area contributed by atoms with Crippen molar-refractivity contribution in [3.63, 3.8) is 0 Å². The quantitative estimate of drug-likeness (QED) is 0.635. The molecule has 3 rings (SSSR count). The maximum atomic E-state index is 2.44. The molecular weight excluding hydrogens is 204 g/mol. The third kappa shape index (κ3) is 1.97. The molecule has 1 aliphatic carbocycles. The standard InChI is InChI=1S/C17H20/c1-17(11-5-2-6-12-17)16-10-9-14-7-3-4-8-15(14)13-16/h3-4,7-10,13H,2,5-6,11-12H2,1H3. The Bertz CT molecular complexity index is 518. The lowest BCUT2D eigenvalue weighted by Crippen LogP contribution is -2.24. The van der Waals surface area contributed by atoms with E-state index in [4.69, 9.17) is 0 Å². The highest BCUT2D eigenvalue weighted by molar-refractivity contribution is 5.83. The van der Waals surface area contributed by atoms with Crippen molar-refractivity contribution in [2.24, 2.45) is 0 Å². The molecule has 0 heteroatoms. The van der Waals surface area contributed by atoms with Gasteiger partial charge in [0.2, 0.25) is 0 Å². The lowest BCUT2D eigenvalue weighted by Gasteiger charge is -2.34. The number of fused-ring (bicyclic) bond motifs is 1. The first-order valence-corrected chi connectivity index (χ1v) is 6.77. The summed E-state index contributed by atoms with van der Waals surface area (Å²) < 4.78 is 0. The van der Waals surface area contributed by atoms with Gasteiger partial charge in [0, 0.05) is 0 Å². The lowest BCUT2D eigenvalue weighted by atomic mass is 9.71. The second kappa shape index (κ2) is 4.18. The minimum atomic E-state index is 0.419. The minimum Gasteiger partial charge on any atom is -0.0616 e. The Morgan fingerprint density at radius 3 is 2.29 bits per heavy atom. The fourth-order valence-electron chi connectivity index (χ4n) is 3.19. The molecule has 0 N–H and O–H groups in total. The Labute approximate surface area is 104 Å². The van der Waals surface area contributed by atoms with Crippen molar-refractivity contribution in [1.29, 1.82) is 0 Å². The summed E-state index contributed by atoms with van der Waals surface area (Å²) in [5.41, 5.74) is 1.96. The van der Waals surface area contributed by atoms with Crippen LogP contribution in [0.15, 0.2) is 42.5 Å². The van der Waals surface area contributed by atoms with E-state index in [0.29, 0.717) is 5.41 Å². The highest BCUT2D eigenvalue weighted by atomic mass is 14.3. The van der Waals surface area contributed by atoms with E-state index in [1.807, 2.05) is 0 Å². The smallest absolute Gasteiger partial charge is 0.00750 e. The monoisotopic (exact) mass is 224 g/mol. The van der Waals surface area contributed by atoms with Gasteiger partial charge in [-0.1, -0.05) is 68.7 Å². The van der Waals surface area contributed by atoms with E-state index in [1.54, 1.807) is 0 Å². The zero-order valence-corrected chi connectivity index (χ0v) is 10.6. The van der Waals surface area contributed by atoms with Crippen LogP contribution in [0.3, 0.4) is 0 Å². The first-order chi connectivity index (χ1) is 8.28. The zero-order chi connectivity index (χ0) is 11.7. The van der Waals surface area contributed by atoms with Gasteiger partial charge >= 0.3 is 0 Å². The van der Waals surface area contributed by atoms with E-state index in [2.05, 4.69) is 49.4 Å². The first kappa shape index (κ1) is 10.8. The van der Waals surface area contributed by atoms with Gasteiger partial charge in [-0.2, -0.15) is 0 Å². The second-order valence-corrected chi connectivity index (χ2v) is 5.68. The fraction of sp³-hybridized carbons (Fsp3) is 0.412. The molecule has 0 spiro atoms. The highest BCUT2D eigenvalue weighted by Crippen LogP contribution is 2.39. The minimum absolute atomic E-state index is 0.419. The van der Waals surface area contributed by atoms with Crippen LogP contribution in [0.2, 0.25) is 0 Å². The van der Waals surface area contributed by atoms with E-state index < -0.39 is 0 Å². The summed E-state index contributed by atoms with van der Waals surface area (Å²) in [5, 5.41) is 2.74. The Kier molecular flexibility index (Phi) is 2.66. The summed E-state index contributed by atoms with van der Waals surface area (Å²) in [5.74, 6) is 0. The predicted octanol–water partition coefficient (Wildman–Crippen LogP) is 5.06. The van der Waals surface area contributed by atoms with Gasteiger partial charge in [-0.25, -0.2) is 0 Å². The normalized spacial score (nSPS) is 19.4. The third-order valence-electron chi connectivity index (χ3n) is 4.40. The SMILES string of the molecule is CC1(c2ccc3ccccc3c2)CCCCC1. The number of benzene rings is 2. The molecule has 2 aromatic carbocycles. The molecule has 0 atom stereocenters. The molecule has 0 amide bonds. The Morgan fingerprint density at radius 2 is 1.53 bits per heavy atom.